The van der Waals surface area contributed by atoms with Crippen molar-refractivity contribution in [1.29, 1.82) is 0 Å². The topological polar surface area (TPSA) is 51.9 Å². The summed E-state index contributed by atoms with van der Waals surface area (Å²) in [5, 5.41) is 7.25. The van der Waals surface area contributed by atoms with Gasteiger partial charge in [-0.25, -0.2) is 4.98 Å². The van der Waals surface area contributed by atoms with Gasteiger partial charge in [0, 0.05) is 22.5 Å². The van der Waals surface area contributed by atoms with Crippen LogP contribution in [0.3, 0.4) is 0 Å². The van der Waals surface area contributed by atoms with Crippen molar-refractivity contribution in [3.05, 3.63) is 62.6 Å². The summed E-state index contributed by atoms with van der Waals surface area (Å²) in [6, 6.07) is 8.47. The number of aromatic nitrogens is 3. The molecule has 8 heteroatoms. The SMILES string of the molecule is CCCN(Cc1cc(C)cs1)c1c2c(nc3c(-c4ccc(OC)cc4C)c(C)nn13)COC2.Cl. The van der Waals surface area contributed by atoms with Crippen molar-refractivity contribution in [2.24, 2.45) is 0 Å². The number of thiophene rings is 1. The summed E-state index contributed by atoms with van der Waals surface area (Å²) in [5.41, 5.74) is 8.72. The summed E-state index contributed by atoms with van der Waals surface area (Å²) in [6.45, 7) is 11.5. The monoisotopic (exact) mass is 498 g/mol. The zero-order chi connectivity index (χ0) is 23.1. The second-order valence-corrected chi connectivity index (χ2v) is 9.74. The molecule has 0 spiro atoms. The largest absolute Gasteiger partial charge is 0.497 e. The summed E-state index contributed by atoms with van der Waals surface area (Å²) in [4.78, 5) is 8.88. The van der Waals surface area contributed by atoms with E-state index in [2.05, 4.69) is 60.7 Å². The van der Waals surface area contributed by atoms with Crippen molar-refractivity contribution < 1.29 is 9.47 Å². The Bertz CT molecular complexity index is 1330. The molecule has 180 valence electrons. The lowest BCUT2D eigenvalue weighted by Crippen LogP contribution is -2.27. The number of halogens is 1. The highest BCUT2D eigenvalue weighted by molar-refractivity contribution is 7.10. The van der Waals surface area contributed by atoms with E-state index in [0.29, 0.717) is 13.2 Å². The maximum Gasteiger partial charge on any atom is 0.165 e. The number of fused-ring (bicyclic) bond motifs is 2. The molecule has 0 bridgehead atoms. The zero-order valence-electron chi connectivity index (χ0n) is 20.3. The Kier molecular flexibility index (Phi) is 7.17. The minimum Gasteiger partial charge on any atom is -0.497 e. The highest BCUT2D eigenvalue weighted by atomic mass is 35.5. The van der Waals surface area contributed by atoms with Gasteiger partial charge in [-0.1, -0.05) is 13.0 Å². The van der Waals surface area contributed by atoms with E-state index < -0.39 is 0 Å². The number of hydrogen-bond acceptors (Lipinski definition) is 6. The summed E-state index contributed by atoms with van der Waals surface area (Å²) >= 11 is 1.82. The summed E-state index contributed by atoms with van der Waals surface area (Å²) < 4.78 is 13.3. The smallest absolute Gasteiger partial charge is 0.165 e. The van der Waals surface area contributed by atoms with Crippen molar-refractivity contribution in [2.45, 2.75) is 53.9 Å². The number of anilines is 1. The Labute approximate surface area is 210 Å². The van der Waals surface area contributed by atoms with E-state index >= 15 is 0 Å². The Morgan fingerprint density at radius 2 is 2.00 bits per heavy atom. The Hall–Kier alpha value is -2.61. The molecule has 0 fully saturated rings. The van der Waals surface area contributed by atoms with Crippen LogP contribution in [0.5, 0.6) is 5.75 Å². The number of nitrogens with zero attached hydrogens (tertiary/aromatic N) is 4. The second kappa shape index (κ2) is 9.94. The highest BCUT2D eigenvalue weighted by Gasteiger charge is 2.28. The van der Waals surface area contributed by atoms with Crippen LogP contribution in [0.15, 0.2) is 29.6 Å². The first-order chi connectivity index (χ1) is 16.0. The normalized spacial score (nSPS) is 12.6. The van der Waals surface area contributed by atoms with E-state index in [1.54, 1.807) is 7.11 Å². The molecule has 0 saturated heterocycles. The summed E-state index contributed by atoms with van der Waals surface area (Å²) in [7, 11) is 1.70. The first-order valence-corrected chi connectivity index (χ1v) is 12.3. The van der Waals surface area contributed by atoms with Crippen molar-refractivity contribution in [3.63, 3.8) is 0 Å². The van der Waals surface area contributed by atoms with Crippen molar-refractivity contribution in [1.82, 2.24) is 14.6 Å². The van der Waals surface area contributed by atoms with Gasteiger partial charge in [0.15, 0.2) is 5.65 Å². The Balaban J connectivity index is 0.00000274. The van der Waals surface area contributed by atoms with Crippen LogP contribution in [-0.2, 0) is 24.5 Å². The van der Waals surface area contributed by atoms with Gasteiger partial charge in [-0.15, -0.1) is 23.7 Å². The average Bonchev–Trinajstić information content (AvgIpc) is 3.50. The standard InChI is InChI=1S/C26H30N4O2S.ClH/c1-6-9-29(12-20-10-16(2)15-33-20)26-22-13-32-14-23(22)27-25-24(18(4)28-30(25)26)21-8-7-19(31-5)11-17(21)3;/h7-8,10-11,15H,6,9,12-14H2,1-5H3;1H. The lowest BCUT2D eigenvalue weighted by Gasteiger charge is -2.26. The third-order valence-corrected chi connectivity index (χ3v) is 7.25. The molecule has 0 aliphatic carbocycles. The van der Waals surface area contributed by atoms with Gasteiger partial charge < -0.3 is 14.4 Å². The number of benzene rings is 1. The van der Waals surface area contributed by atoms with Gasteiger partial charge >= 0.3 is 0 Å². The molecular weight excluding hydrogens is 468 g/mol. The lowest BCUT2D eigenvalue weighted by atomic mass is 10.0. The molecule has 4 heterocycles. The summed E-state index contributed by atoms with van der Waals surface area (Å²) in [6.07, 6.45) is 1.05. The van der Waals surface area contributed by atoms with Gasteiger partial charge in [-0.05, 0) is 67.5 Å². The first-order valence-electron chi connectivity index (χ1n) is 11.4. The van der Waals surface area contributed by atoms with Gasteiger partial charge in [0.1, 0.15) is 11.6 Å². The fraction of sp³-hybridized carbons (Fsp3) is 0.385. The van der Waals surface area contributed by atoms with Crippen LogP contribution in [0.2, 0.25) is 0 Å². The fourth-order valence-electron chi connectivity index (χ4n) is 4.71. The van der Waals surface area contributed by atoms with Crippen molar-refractivity contribution in [2.75, 3.05) is 18.6 Å². The van der Waals surface area contributed by atoms with E-state index in [9.17, 15) is 0 Å². The molecule has 0 atom stereocenters. The number of ether oxygens (including phenoxy) is 2. The van der Waals surface area contributed by atoms with Crippen LogP contribution < -0.4 is 9.64 Å². The predicted octanol–water partition coefficient (Wildman–Crippen LogP) is 6.26. The van der Waals surface area contributed by atoms with Gasteiger partial charge in [-0.2, -0.15) is 9.61 Å². The summed E-state index contributed by atoms with van der Waals surface area (Å²) in [5.74, 6) is 1.97. The maximum atomic E-state index is 5.86. The van der Waals surface area contributed by atoms with E-state index in [0.717, 1.165) is 70.4 Å². The molecule has 1 aromatic carbocycles. The number of rotatable bonds is 7. The van der Waals surface area contributed by atoms with Crippen LogP contribution in [0.25, 0.3) is 16.8 Å². The molecule has 4 aromatic rings. The van der Waals surface area contributed by atoms with Crippen LogP contribution in [-0.4, -0.2) is 28.3 Å². The molecule has 0 unspecified atom stereocenters. The number of aryl methyl sites for hydroxylation is 3. The maximum absolute atomic E-state index is 5.86. The third kappa shape index (κ3) is 4.28. The van der Waals surface area contributed by atoms with Gasteiger partial charge in [-0.3, -0.25) is 0 Å². The minimum atomic E-state index is 0. The van der Waals surface area contributed by atoms with Gasteiger partial charge in [0.25, 0.3) is 0 Å². The third-order valence-electron chi connectivity index (χ3n) is 6.21. The van der Waals surface area contributed by atoms with E-state index in [1.165, 1.54) is 10.4 Å². The Morgan fingerprint density at radius 1 is 1.18 bits per heavy atom. The van der Waals surface area contributed by atoms with Crippen LogP contribution >= 0.6 is 23.7 Å². The molecule has 0 radical (unpaired) electrons. The predicted molar refractivity (Wildman–Crippen MR) is 141 cm³/mol. The molecule has 1 aliphatic rings. The van der Waals surface area contributed by atoms with Crippen LogP contribution in [0, 0.1) is 20.8 Å². The molecule has 1 aliphatic heterocycles. The first kappa shape index (κ1) is 24.5. The molecule has 5 rings (SSSR count). The molecule has 0 N–H and O–H groups in total. The molecule has 34 heavy (non-hydrogen) atoms. The second-order valence-electron chi connectivity index (χ2n) is 8.74. The van der Waals surface area contributed by atoms with Crippen molar-refractivity contribution >= 4 is 35.2 Å². The Morgan fingerprint density at radius 3 is 2.68 bits per heavy atom. The highest BCUT2D eigenvalue weighted by Crippen LogP contribution is 2.37. The van der Waals surface area contributed by atoms with E-state index in [4.69, 9.17) is 19.6 Å². The number of hydrogen-bond donors (Lipinski definition) is 0. The molecule has 6 nitrogen and oxygen atoms in total. The quantitative estimate of drug-likeness (QED) is 0.301. The number of methoxy groups -OCH3 is 1. The molecule has 0 saturated carbocycles. The van der Waals surface area contributed by atoms with Crippen molar-refractivity contribution in [3.8, 4) is 16.9 Å². The molecule has 3 aromatic heterocycles. The molecular formula is C26H31ClN4O2S. The minimum absolute atomic E-state index is 0. The van der Waals surface area contributed by atoms with Gasteiger partial charge in [0.05, 0.1) is 38.3 Å². The van der Waals surface area contributed by atoms with E-state index in [1.807, 2.05) is 17.4 Å². The lowest BCUT2D eigenvalue weighted by molar-refractivity contribution is 0.133. The van der Waals surface area contributed by atoms with Crippen LogP contribution in [0.4, 0.5) is 5.82 Å². The average molecular weight is 499 g/mol. The van der Waals surface area contributed by atoms with E-state index in [-0.39, 0.29) is 12.4 Å². The fourth-order valence-corrected chi connectivity index (χ4v) is 5.60. The molecule has 0 amide bonds. The zero-order valence-corrected chi connectivity index (χ0v) is 22.0. The van der Waals surface area contributed by atoms with Gasteiger partial charge in [0.2, 0.25) is 0 Å². The van der Waals surface area contributed by atoms with Crippen LogP contribution in [0.1, 0.15) is 46.3 Å².